The van der Waals surface area contributed by atoms with E-state index in [9.17, 15) is 9.50 Å². The van der Waals surface area contributed by atoms with Crippen LogP contribution in [0.1, 0.15) is 50.2 Å². The van der Waals surface area contributed by atoms with Crippen molar-refractivity contribution in [3.05, 3.63) is 41.2 Å². The highest BCUT2D eigenvalue weighted by atomic mass is 19.1. The number of halogens is 1. The van der Waals surface area contributed by atoms with Gasteiger partial charge in [0.25, 0.3) is 0 Å². The van der Waals surface area contributed by atoms with E-state index in [1.807, 2.05) is 0 Å². The summed E-state index contributed by atoms with van der Waals surface area (Å²) in [5.74, 6) is 0.0647. The Bertz CT molecular complexity index is 454. The molecule has 0 aromatic heterocycles. The summed E-state index contributed by atoms with van der Waals surface area (Å²) in [6.07, 6.45) is 7.74. The molecule has 1 N–H and O–H groups in total. The van der Waals surface area contributed by atoms with Crippen LogP contribution in [0.2, 0.25) is 0 Å². The molecule has 0 amide bonds. The minimum Gasteiger partial charge on any atom is -0.497 e. The Kier molecular flexibility index (Phi) is 4.97. The second kappa shape index (κ2) is 6.71. The van der Waals surface area contributed by atoms with E-state index in [-0.39, 0.29) is 0 Å². The summed E-state index contributed by atoms with van der Waals surface area (Å²) in [5, 5.41) is 10.4. The zero-order chi connectivity index (χ0) is 13.7. The van der Waals surface area contributed by atoms with E-state index in [0.29, 0.717) is 11.3 Å². The molecule has 1 atom stereocenters. The Balaban J connectivity index is 2.19. The van der Waals surface area contributed by atoms with E-state index >= 15 is 0 Å². The number of benzene rings is 1. The molecule has 1 aliphatic rings. The number of aliphatic hydroxyl groups is 1. The van der Waals surface area contributed by atoms with Crippen molar-refractivity contribution in [3.63, 3.8) is 0 Å². The molecule has 104 valence electrons. The molecule has 1 unspecified atom stereocenters. The maximum Gasteiger partial charge on any atom is 0.133 e. The summed E-state index contributed by atoms with van der Waals surface area (Å²) in [6.45, 7) is 0. The number of allylic oxidation sites excluding steroid dienone is 1. The maximum absolute atomic E-state index is 14.0. The maximum atomic E-state index is 14.0. The number of ether oxygens (including phenoxy) is 1. The third-order valence-electron chi connectivity index (χ3n) is 3.68. The fourth-order valence-electron chi connectivity index (χ4n) is 2.52. The molecule has 3 heteroatoms. The molecular formula is C16H21FO2. The van der Waals surface area contributed by atoms with Gasteiger partial charge < -0.3 is 9.84 Å². The highest BCUT2D eigenvalue weighted by molar-refractivity contribution is 5.33. The van der Waals surface area contributed by atoms with E-state index < -0.39 is 11.9 Å². The Labute approximate surface area is 113 Å². The van der Waals surface area contributed by atoms with Crippen molar-refractivity contribution < 1.29 is 14.2 Å². The van der Waals surface area contributed by atoms with Crippen molar-refractivity contribution >= 4 is 0 Å². The lowest BCUT2D eigenvalue weighted by molar-refractivity contribution is 0.204. The molecule has 19 heavy (non-hydrogen) atoms. The average molecular weight is 264 g/mol. The summed E-state index contributed by atoms with van der Waals surface area (Å²) < 4.78 is 18.9. The number of rotatable bonds is 3. The predicted octanol–water partition coefficient (Wildman–Crippen LogP) is 4.15. The molecule has 0 saturated carbocycles. The Morgan fingerprint density at radius 3 is 2.74 bits per heavy atom. The van der Waals surface area contributed by atoms with Crippen LogP contribution in [0.15, 0.2) is 29.8 Å². The number of hydrogen-bond donors (Lipinski definition) is 1. The third-order valence-corrected chi connectivity index (χ3v) is 3.68. The van der Waals surface area contributed by atoms with Crippen molar-refractivity contribution in [2.24, 2.45) is 0 Å². The van der Waals surface area contributed by atoms with Gasteiger partial charge in [-0.3, -0.25) is 0 Å². The highest BCUT2D eigenvalue weighted by Gasteiger charge is 2.18. The fourth-order valence-corrected chi connectivity index (χ4v) is 2.52. The first-order valence-corrected chi connectivity index (χ1v) is 6.93. The van der Waals surface area contributed by atoms with Gasteiger partial charge in [0.1, 0.15) is 17.7 Å². The molecule has 0 spiro atoms. The van der Waals surface area contributed by atoms with Crippen LogP contribution in [0.25, 0.3) is 0 Å². The van der Waals surface area contributed by atoms with Crippen LogP contribution in [0.4, 0.5) is 4.39 Å². The van der Waals surface area contributed by atoms with Crippen LogP contribution >= 0.6 is 0 Å². The number of aliphatic hydroxyl groups excluding tert-OH is 1. The van der Waals surface area contributed by atoms with Crippen molar-refractivity contribution in [2.45, 2.75) is 44.6 Å². The predicted molar refractivity (Wildman–Crippen MR) is 73.7 cm³/mol. The van der Waals surface area contributed by atoms with Gasteiger partial charge in [-0.2, -0.15) is 0 Å². The van der Waals surface area contributed by atoms with Crippen molar-refractivity contribution in [3.8, 4) is 5.75 Å². The summed E-state index contributed by atoms with van der Waals surface area (Å²) in [7, 11) is 1.50. The van der Waals surface area contributed by atoms with Crippen molar-refractivity contribution in [2.75, 3.05) is 7.11 Å². The van der Waals surface area contributed by atoms with Gasteiger partial charge in [-0.15, -0.1) is 0 Å². The first kappa shape index (κ1) is 14.1. The summed E-state index contributed by atoms with van der Waals surface area (Å²) in [5.41, 5.74) is 1.29. The van der Waals surface area contributed by atoms with Crippen LogP contribution < -0.4 is 4.74 Å². The fraction of sp³-hybridized carbons (Fsp3) is 0.500. The van der Waals surface area contributed by atoms with Gasteiger partial charge in [0.05, 0.1) is 7.11 Å². The molecule has 0 fully saturated rings. The van der Waals surface area contributed by atoms with Crippen LogP contribution in [0, 0.1) is 5.82 Å². The lowest BCUT2D eigenvalue weighted by Gasteiger charge is -2.18. The van der Waals surface area contributed by atoms with Gasteiger partial charge in [-0.05, 0) is 43.4 Å². The molecule has 0 heterocycles. The molecule has 0 bridgehead atoms. The van der Waals surface area contributed by atoms with Crippen molar-refractivity contribution in [1.29, 1.82) is 0 Å². The van der Waals surface area contributed by atoms with Crippen LogP contribution in [0.3, 0.4) is 0 Å². The second-order valence-corrected chi connectivity index (χ2v) is 5.02. The van der Waals surface area contributed by atoms with E-state index in [2.05, 4.69) is 6.08 Å². The third kappa shape index (κ3) is 3.57. The molecule has 0 radical (unpaired) electrons. The van der Waals surface area contributed by atoms with E-state index in [4.69, 9.17) is 4.74 Å². The molecule has 1 aromatic carbocycles. The molecule has 0 aliphatic heterocycles. The lowest BCUT2D eigenvalue weighted by atomic mass is 9.92. The standard InChI is InChI=1S/C16H21FO2/c1-19-13-9-10-14(15(17)11-13)16(18)12-7-5-3-2-4-6-8-12/h7,9-11,16,18H,2-6,8H2,1H3/b12-7+. The van der Waals surface area contributed by atoms with Gasteiger partial charge >= 0.3 is 0 Å². The van der Waals surface area contributed by atoms with Gasteiger partial charge in [-0.25, -0.2) is 4.39 Å². The van der Waals surface area contributed by atoms with Crippen LogP contribution in [-0.4, -0.2) is 12.2 Å². The largest absolute Gasteiger partial charge is 0.497 e. The van der Waals surface area contributed by atoms with E-state index in [0.717, 1.165) is 31.3 Å². The quantitative estimate of drug-likeness (QED) is 0.831. The minimum atomic E-state index is -0.830. The Morgan fingerprint density at radius 2 is 2.00 bits per heavy atom. The first-order valence-electron chi connectivity index (χ1n) is 6.93. The number of methoxy groups -OCH3 is 1. The van der Waals surface area contributed by atoms with Crippen molar-refractivity contribution in [1.82, 2.24) is 0 Å². The van der Waals surface area contributed by atoms with E-state index in [1.165, 1.54) is 26.0 Å². The minimum absolute atomic E-state index is 0.340. The zero-order valence-corrected chi connectivity index (χ0v) is 11.4. The van der Waals surface area contributed by atoms with Gasteiger partial charge in [0.2, 0.25) is 0 Å². The highest BCUT2D eigenvalue weighted by Crippen LogP contribution is 2.31. The van der Waals surface area contributed by atoms with Gasteiger partial charge in [-0.1, -0.05) is 18.9 Å². The molecule has 1 aromatic rings. The molecule has 2 rings (SSSR count). The van der Waals surface area contributed by atoms with E-state index in [1.54, 1.807) is 12.1 Å². The smallest absolute Gasteiger partial charge is 0.133 e. The van der Waals surface area contributed by atoms with Crippen LogP contribution in [-0.2, 0) is 0 Å². The summed E-state index contributed by atoms with van der Waals surface area (Å²) in [6, 6.07) is 4.62. The summed E-state index contributed by atoms with van der Waals surface area (Å²) >= 11 is 0. The van der Waals surface area contributed by atoms with Gasteiger partial charge in [0, 0.05) is 11.6 Å². The second-order valence-electron chi connectivity index (χ2n) is 5.02. The van der Waals surface area contributed by atoms with Gasteiger partial charge in [0.15, 0.2) is 0 Å². The molecule has 2 nitrogen and oxygen atoms in total. The number of hydrogen-bond acceptors (Lipinski definition) is 2. The topological polar surface area (TPSA) is 29.5 Å². The Hall–Kier alpha value is -1.35. The van der Waals surface area contributed by atoms with Crippen LogP contribution in [0.5, 0.6) is 5.75 Å². The molecule has 1 aliphatic carbocycles. The monoisotopic (exact) mass is 264 g/mol. The molecular weight excluding hydrogens is 243 g/mol. The average Bonchev–Trinajstić information content (AvgIpc) is 2.37. The Morgan fingerprint density at radius 1 is 1.21 bits per heavy atom. The normalized spacial score (nSPS) is 20.9. The lowest BCUT2D eigenvalue weighted by Crippen LogP contribution is -2.06. The first-order chi connectivity index (χ1) is 9.22. The SMILES string of the molecule is COc1ccc(C(O)/C2=C/CCCCCC2)c(F)c1. The summed E-state index contributed by atoms with van der Waals surface area (Å²) in [4.78, 5) is 0. The zero-order valence-electron chi connectivity index (χ0n) is 11.4. The molecule has 0 saturated heterocycles.